The van der Waals surface area contributed by atoms with E-state index in [0.717, 1.165) is 43.4 Å². The number of quaternary nitrogens is 1. The number of aliphatic imine (C=N–C) groups is 1. The van der Waals surface area contributed by atoms with Crippen molar-refractivity contribution in [3.63, 3.8) is 0 Å². The molecule has 0 aromatic carbocycles. The first kappa shape index (κ1) is 16.6. The van der Waals surface area contributed by atoms with Gasteiger partial charge in [0.2, 0.25) is 11.8 Å². The summed E-state index contributed by atoms with van der Waals surface area (Å²) in [5, 5.41) is 2.24. The highest BCUT2D eigenvalue weighted by Gasteiger charge is 2.39. The number of hydrogen-bond acceptors (Lipinski definition) is 4. The van der Waals surface area contributed by atoms with Gasteiger partial charge in [-0.15, -0.1) is 0 Å². The summed E-state index contributed by atoms with van der Waals surface area (Å²) in [4.78, 5) is 41.5. The van der Waals surface area contributed by atoms with Crippen LogP contribution in [0.3, 0.4) is 0 Å². The predicted octanol–water partition coefficient (Wildman–Crippen LogP) is 0.105. The molecule has 122 valence electrons. The minimum atomic E-state index is -0.997. The molecule has 1 aliphatic heterocycles. The Bertz CT molecular complexity index is 477. The third-order valence-corrected chi connectivity index (χ3v) is 4.32. The molecule has 4 N–H and O–H groups in total. The predicted molar refractivity (Wildman–Crippen MR) is 81.1 cm³/mol. The zero-order valence-corrected chi connectivity index (χ0v) is 13.1. The maximum absolute atomic E-state index is 12.3. The molecule has 0 spiro atoms. The minimum Gasteiger partial charge on any atom is -0.353 e. The van der Waals surface area contributed by atoms with Gasteiger partial charge in [-0.3, -0.25) is 24.8 Å². The van der Waals surface area contributed by atoms with Crippen molar-refractivity contribution in [2.24, 2.45) is 10.9 Å². The highest BCUT2D eigenvalue weighted by molar-refractivity contribution is 6.23. The van der Waals surface area contributed by atoms with Crippen molar-refractivity contribution in [1.82, 2.24) is 10.2 Å². The van der Waals surface area contributed by atoms with Gasteiger partial charge in [0.25, 0.3) is 0 Å². The fourth-order valence-corrected chi connectivity index (χ4v) is 2.87. The fourth-order valence-electron chi connectivity index (χ4n) is 2.87. The standard InChI is InChI=1S/C15H24N4O3/c1-2-3-8-19-14(21)10(13(20)18-15(19)22)9-17-12-7-5-4-6-11(12)16/h9-12H,2-8,16H2,1H3,(H,18,20,22)/p+1/t10-,11+,12+/m0/s1. The highest BCUT2D eigenvalue weighted by Crippen LogP contribution is 2.19. The number of amides is 4. The van der Waals surface area contributed by atoms with E-state index in [9.17, 15) is 14.4 Å². The average molecular weight is 309 g/mol. The van der Waals surface area contributed by atoms with Crippen LogP contribution in [0.1, 0.15) is 45.4 Å². The second-order valence-corrected chi connectivity index (χ2v) is 6.03. The number of nitrogens with one attached hydrogen (secondary N) is 1. The van der Waals surface area contributed by atoms with Gasteiger partial charge in [0.15, 0.2) is 5.92 Å². The molecule has 0 bridgehead atoms. The van der Waals surface area contributed by atoms with Gasteiger partial charge in [-0.25, -0.2) is 4.79 Å². The molecule has 22 heavy (non-hydrogen) atoms. The maximum Gasteiger partial charge on any atom is 0.330 e. The Balaban J connectivity index is 2.06. The SMILES string of the molecule is CCCCN1C(=O)NC(=O)[C@H](C=N[C@@H]2CCCC[C@H]2[NH3+])C1=O. The second-order valence-electron chi connectivity index (χ2n) is 6.03. The lowest BCUT2D eigenvalue weighted by Gasteiger charge is -2.29. The Kier molecular flexibility index (Phi) is 5.65. The molecular weight excluding hydrogens is 284 g/mol. The monoisotopic (exact) mass is 309 g/mol. The summed E-state index contributed by atoms with van der Waals surface area (Å²) in [7, 11) is 0. The van der Waals surface area contributed by atoms with Crippen LogP contribution in [0.2, 0.25) is 0 Å². The first-order chi connectivity index (χ1) is 10.5. The van der Waals surface area contributed by atoms with Gasteiger partial charge in [0.05, 0.1) is 0 Å². The Morgan fingerprint density at radius 2 is 2.05 bits per heavy atom. The molecule has 1 aliphatic carbocycles. The van der Waals surface area contributed by atoms with Crippen LogP contribution in [-0.2, 0) is 9.59 Å². The van der Waals surface area contributed by atoms with Crippen molar-refractivity contribution in [2.75, 3.05) is 6.54 Å². The van der Waals surface area contributed by atoms with Gasteiger partial charge >= 0.3 is 6.03 Å². The smallest absolute Gasteiger partial charge is 0.330 e. The Hall–Kier alpha value is -1.76. The van der Waals surface area contributed by atoms with Crippen LogP contribution >= 0.6 is 0 Å². The molecular formula is C15H25N4O3+. The lowest BCUT2D eigenvalue weighted by molar-refractivity contribution is -0.428. The number of rotatable bonds is 5. The zero-order chi connectivity index (χ0) is 16.1. The van der Waals surface area contributed by atoms with Gasteiger partial charge in [-0.2, -0.15) is 0 Å². The number of imide groups is 2. The first-order valence-electron chi connectivity index (χ1n) is 8.07. The number of barbiturate groups is 1. The Morgan fingerprint density at radius 3 is 2.73 bits per heavy atom. The summed E-state index contributed by atoms with van der Waals surface area (Å²) in [6, 6.07) is -0.332. The van der Waals surface area contributed by atoms with Crippen LogP contribution in [0, 0.1) is 5.92 Å². The zero-order valence-electron chi connectivity index (χ0n) is 13.1. The quantitative estimate of drug-likeness (QED) is 0.556. The molecule has 7 heteroatoms. The number of hydrogen-bond donors (Lipinski definition) is 2. The third-order valence-electron chi connectivity index (χ3n) is 4.32. The van der Waals surface area contributed by atoms with Crippen molar-refractivity contribution in [2.45, 2.75) is 57.5 Å². The number of urea groups is 1. The molecule has 0 radical (unpaired) electrons. The van der Waals surface area contributed by atoms with Crippen LogP contribution in [0.4, 0.5) is 4.79 Å². The molecule has 0 aromatic rings. The normalized spacial score (nSPS) is 30.0. The molecule has 7 nitrogen and oxygen atoms in total. The lowest BCUT2D eigenvalue weighted by atomic mass is 9.91. The fraction of sp³-hybridized carbons (Fsp3) is 0.733. The molecule has 2 aliphatic rings. The van der Waals surface area contributed by atoms with Gasteiger partial charge in [-0.1, -0.05) is 19.8 Å². The van der Waals surface area contributed by atoms with Crippen molar-refractivity contribution in [1.29, 1.82) is 0 Å². The summed E-state index contributed by atoms with van der Waals surface area (Å²) in [5.74, 6) is -2.05. The Morgan fingerprint density at radius 1 is 1.32 bits per heavy atom. The van der Waals surface area contributed by atoms with E-state index in [1.165, 1.54) is 6.21 Å². The van der Waals surface area contributed by atoms with E-state index in [4.69, 9.17) is 0 Å². The molecule has 0 unspecified atom stereocenters. The van der Waals surface area contributed by atoms with E-state index in [-0.39, 0.29) is 12.1 Å². The van der Waals surface area contributed by atoms with Crippen LogP contribution in [0.5, 0.6) is 0 Å². The molecule has 1 saturated carbocycles. The van der Waals surface area contributed by atoms with Crippen molar-refractivity contribution in [3.8, 4) is 0 Å². The van der Waals surface area contributed by atoms with Crippen molar-refractivity contribution in [3.05, 3.63) is 0 Å². The first-order valence-corrected chi connectivity index (χ1v) is 8.07. The van der Waals surface area contributed by atoms with E-state index >= 15 is 0 Å². The van der Waals surface area contributed by atoms with Gasteiger partial charge < -0.3 is 5.73 Å². The van der Waals surface area contributed by atoms with Gasteiger partial charge in [0, 0.05) is 19.2 Å². The third kappa shape index (κ3) is 3.71. The van der Waals surface area contributed by atoms with E-state index < -0.39 is 23.8 Å². The van der Waals surface area contributed by atoms with E-state index in [2.05, 4.69) is 16.0 Å². The van der Waals surface area contributed by atoms with Crippen molar-refractivity contribution >= 4 is 24.1 Å². The van der Waals surface area contributed by atoms with Crippen LogP contribution in [0.25, 0.3) is 0 Å². The van der Waals surface area contributed by atoms with Crippen LogP contribution in [0.15, 0.2) is 4.99 Å². The molecule has 2 rings (SSSR count). The number of nitrogens with zero attached hydrogens (tertiary/aromatic N) is 2. The molecule has 1 heterocycles. The second kappa shape index (κ2) is 7.49. The van der Waals surface area contributed by atoms with E-state index in [1.807, 2.05) is 6.92 Å². The summed E-state index contributed by atoms with van der Waals surface area (Å²) < 4.78 is 0. The molecule has 1 saturated heterocycles. The number of carbonyl (C=O) groups excluding carboxylic acids is 3. The van der Waals surface area contributed by atoms with Crippen LogP contribution < -0.4 is 11.1 Å². The summed E-state index contributed by atoms with van der Waals surface area (Å²) in [6.07, 6.45) is 7.22. The largest absolute Gasteiger partial charge is 0.353 e. The highest BCUT2D eigenvalue weighted by atomic mass is 16.2. The Labute approximate surface area is 130 Å². The summed E-state index contributed by atoms with van der Waals surface area (Å²) >= 11 is 0. The summed E-state index contributed by atoms with van der Waals surface area (Å²) in [5.41, 5.74) is 4.08. The summed E-state index contributed by atoms with van der Waals surface area (Å²) in [6.45, 7) is 2.31. The molecule has 4 amide bonds. The number of unbranched alkanes of at least 4 members (excludes halogenated alkanes) is 1. The van der Waals surface area contributed by atoms with E-state index in [1.54, 1.807) is 0 Å². The van der Waals surface area contributed by atoms with Crippen molar-refractivity contribution < 1.29 is 20.1 Å². The molecule has 2 fully saturated rings. The maximum atomic E-state index is 12.3. The van der Waals surface area contributed by atoms with Gasteiger partial charge in [-0.05, 0) is 19.3 Å². The average Bonchev–Trinajstić information content (AvgIpc) is 2.48. The van der Waals surface area contributed by atoms with Gasteiger partial charge in [0.1, 0.15) is 12.1 Å². The van der Waals surface area contributed by atoms with E-state index in [0.29, 0.717) is 6.54 Å². The molecule has 0 aromatic heterocycles. The van der Waals surface area contributed by atoms with Crippen LogP contribution in [-0.4, -0.2) is 47.6 Å². The topological polar surface area (TPSA) is 106 Å². The minimum absolute atomic E-state index is 0.0658. The molecule has 3 atom stereocenters. The lowest BCUT2D eigenvalue weighted by Crippen LogP contribution is -2.66. The number of carbonyl (C=O) groups is 3.